The first-order valence-electron chi connectivity index (χ1n) is 10.9. The van der Waals surface area contributed by atoms with E-state index in [1.54, 1.807) is 0 Å². The fraction of sp³-hybridized carbons (Fsp3) is 0.480. The van der Waals surface area contributed by atoms with Crippen LogP contribution in [0.3, 0.4) is 0 Å². The van der Waals surface area contributed by atoms with Crippen molar-refractivity contribution in [3.63, 3.8) is 0 Å². The van der Waals surface area contributed by atoms with Crippen LogP contribution in [0.4, 0.5) is 10.5 Å². The molecule has 0 aromatic heterocycles. The molecule has 0 spiro atoms. The molecule has 2 N–H and O–H groups in total. The minimum absolute atomic E-state index is 0.382. The quantitative estimate of drug-likeness (QED) is 0.488. The SMILES string of the molecule is CCc1cc(NCCOCCOc2cccc(CNC(=O)OC(C)(C)C)c2)ccc1C. The number of nitrogens with one attached hydrogen (secondary N) is 2. The van der Waals surface area contributed by atoms with E-state index in [0.717, 1.165) is 30.0 Å². The van der Waals surface area contributed by atoms with Crippen molar-refractivity contribution < 1.29 is 19.0 Å². The molecule has 2 rings (SSSR count). The zero-order chi connectivity index (χ0) is 22.7. The van der Waals surface area contributed by atoms with Crippen LogP contribution in [0.5, 0.6) is 5.75 Å². The van der Waals surface area contributed by atoms with Crippen molar-refractivity contribution in [1.82, 2.24) is 5.32 Å². The fourth-order valence-electron chi connectivity index (χ4n) is 2.98. The minimum Gasteiger partial charge on any atom is -0.491 e. The molecule has 0 saturated heterocycles. The van der Waals surface area contributed by atoms with E-state index in [1.807, 2.05) is 45.0 Å². The molecule has 0 saturated carbocycles. The molecule has 0 radical (unpaired) electrons. The van der Waals surface area contributed by atoms with E-state index in [1.165, 1.54) is 11.1 Å². The third-order valence-corrected chi connectivity index (χ3v) is 4.54. The van der Waals surface area contributed by atoms with Gasteiger partial charge in [0.15, 0.2) is 0 Å². The molecule has 6 nitrogen and oxygen atoms in total. The number of rotatable bonds is 11. The first-order valence-corrected chi connectivity index (χ1v) is 10.9. The van der Waals surface area contributed by atoms with E-state index < -0.39 is 11.7 Å². The van der Waals surface area contributed by atoms with Gasteiger partial charge in [-0.1, -0.05) is 25.1 Å². The van der Waals surface area contributed by atoms with Crippen LogP contribution in [0.1, 0.15) is 44.4 Å². The van der Waals surface area contributed by atoms with Gasteiger partial charge in [0.25, 0.3) is 0 Å². The number of hydrogen-bond donors (Lipinski definition) is 2. The highest BCUT2D eigenvalue weighted by molar-refractivity contribution is 5.67. The summed E-state index contributed by atoms with van der Waals surface area (Å²) in [6.45, 7) is 12.5. The molecule has 170 valence electrons. The molecular formula is C25H36N2O4. The van der Waals surface area contributed by atoms with E-state index in [0.29, 0.717) is 26.4 Å². The summed E-state index contributed by atoms with van der Waals surface area (Å²) in [4.78, 5) is 11.8. The van der Waals surface area contributed by atoms with E-state index >= 15 is 0 Å². The molecule has 31 heavy (non-hydrogen) atoms. The first kappa shape index (κ1) is 24.5. The van der Waals surface area contributed by atoms with Gasteiger partial charge in [-0.05, 0) is 75.1 Å². The Morgan fingerprint density at radius 2 is 1.84 bits per heavy atom. The number of amides is 1. The second-order valence-corrected chi connectivity index (χ2v) is 8.39. The van der Waals surface area contributed by atoms with Gasteiger partial charge in [-0.2, -0.15) is 0 Å². The number of benzene rings is 2. The van der Waals surface area contributed by atoms with Gasteiger partial charge in [-0.3, -0.25) is 0 Å². The minimum atomic E-state index is -0.511. The fourth-order valence-corrected chi connectivity index (χ4v) is 2.98. The van der Waals surface area contributed by atoms with Crippen molar-refractivity contribution in [1.29, 1.82) is 0 Å². The molecule has 2 aromatic carbocycles. The predicted octanol–water partition coefficient (Wildman–Crippen LogP) is 5.09. The van der Waals surface area contributed by atoms with Crippen molar-refractivity contribution >= 4 is 11.8 Å². The average molecular weight is 429 g/mol. The van der Waals surface area contributed by atoms with Crippen LogP contribution >= 0.6 is 0 Å². The lowest BCUT2D eigenvalue weighted by Gasteiger charge is -2.19. The number of alkyl carbamates (subject to hydrolysis) is 1. The van der Waals surface area contributed by atoms with Crippen molar-refractivity contribution in [2.24, 2.45) is 0 Å². The lowest BCUT2D eigenvalue weighted by molar-refractivity contribution is 0.0523. The summed E-state index contributed by atoms with van der Waals surface area (Å²) in [7, 11) is 0. The predicted molar refractivity (Wildman–Crippen MR) is 125 cm³/mol. The third kappa shape index (κ3) is 9.75. The van der Waals surface area contributed by atoms with Gasteiger partial charge in [0.05, 0.1) is 13.2 Å². The number of ether oxygens (including phenoxy) is 3. The van der Waals surface area contributed by atoms with Crippen LogP contribution in [0.25, 0.3) is 0 Å². The number of aryl methyl sites for hydroxylation is 2. The Morgan fingerprint density at radius 3 is 2.58 bits per heavy atom. The maximum Gasteiger partial charge on any atom is 0.407 e. The Labute approximate surface area is 186 Å². The summed E-state index contributed by atoms with van der Waals surface area (Å²) in [6, 6.07) is 14.1. The van der Waals surface area contributed by atoms with E-state index in [9.17, 15) is 4.79 Å². The van der Waals surface area contributed by atoms with Crippen LogP contribution in [0, 0.1) is 6.92 Å². The highest BCUT2D eigenvalue weighted by atomic mass is 16.6. The molecule has 6 heteroatoms. The number of anilines is 1. The molecule has 1 amide bonds. The zero-order valence-corrected chi connectivity index (χ0v) is 19.4. The molecule has 0 unspecified atom stereocenters. The van der Waals surface area contributed by atoms with Crippen LogP contribution in [0.2, 0.25) is 0 Å². The summed E-state index contributed by atoms with van der Waals surface area (Å²) in [5.41, 5.74) is 4.24. The average Bonchev–Trinajstić information content (AvgIpc) is 2.72. The Hall–Kier alpha value is -2.73. The maximum absolute atomic E-state index is 11.8. The summed E-state index contributed by atoms with van der Waals surface area (Å²) in [5.74, 6) is 0.747. The summed E-state index contributed by atoms with van der Waals surface area (Å²) < 4.78 is 16.6. The lowest BCUT2D eigenvalue weighted by atomic mass is 10.1. The molecule has 0 aliphatic rings. The molecule has 0 fully saturated rings. The second-order valence-electron chi connectivity index (χ2n) is 8.39. The molecule has 2 aromatic rings. The molecule has 0 aliphatic heterocycles. The van der Waals surface area contributed by atoms with Gasteiger partial charge in [0.2, 0.25) is 0 Å². The van der Waals surface area contributed by atoms with Gasteiger partial charge in [0, 0.05) is 18.8 Å². The van der Waals surface area contributed by atoms with Gasteiger partial charge in [0.1, 0.15) is 18.0 Å². The van der Waals surface area contributed by atoms with Crippen LogP contribution in [-0.4, -0.2) is 38.1 Å². The molecule has 0 atom stereocenters. The lowest BCUT2D eigenvalue weighted by Crippen LogP contribution is -2.32. The van der Waals surface area contributed by atoms with Crippen LogP contribution < -0.4 is 15.4 Å². The summed E-state index contributed by atoms with van der Waals surface area (Å²) in [5, 5.41) is 6.14. The van der Waals surface area contributed by atoms with Gasteiger partial charge in [-0.15, -0.1) is 0 Å². The van der Waals surface area contributed by atoms with Crippen LogP contribution in [-0.2, 0) is 22.4 Å². The summed E-state index contributed by atoms with van der Waals surface area (Å²) >= 11 is 0. The van der Waals surface area contributed by atoms with Crippen LogP contribution in [0.15, 0.2) is 42.5 Å². The van der Waals surface area contributed by atoms with Crippen molar-refractivity contribution in [3.05, 3.63) is 59.2 Å². The van der Waals surface area contributed by atoms with E-state index in [4.69, 9.17) is 14.2 Å². The summed E-state index contributed by atoms with van der Waals surface area (Å²) in [6.07, 6.45) is 0.602. The molecule has 0 aliphatic carbocycles. The molecule has 0 bridgehead atoms. The zero-order valence-electron chi connectivity index (χ0n) is 19.4. The smallest absolute Gasteiger partial charge is 0.407 e. The highest BCUT2D eigenvalue weighted by Gasteiger charge is 2.15. The Morgan fingerprint density at radius 1 is 1.03 bits per heavy atom. The first-order chi connectivity index (χ1) is 14.8. The molecular weight excluding hydrogens is 392 g/mol. The largest absolute Gasteiger partial charge is 0.491 e. The van der Waals surface area contributed by atoms with E-state index in [-0.39, 0.29) is 0 Å². The Kier molecular flexibility index (Phi) is 9.66. The van der Waals surface area contributed by atoms with Crippen molar-refractivity contribution in [2.45, 2.75) is 53.2 Å². The highest BCUT2D eigenvalue weighted by Crippen LogP contribution is 2.16. The number of hydrogen-bond acceptors (Lipinski definition) is 5. The number of carbonyl (C=O) groups excluding carboxylic acids is 1. The Balaban J connectivity index is 1.62. The Bertz CT molecular complexity index is 831. The van der Waals surface area contributed by atoms with E-state index in [2.05, 4.69) is 42.7 Å². The monoisotopic (exact) mass is 428 g/mol. The normalized spacial score (nSPS) is 11.1. The second kappa shape index (κ2) is 12.2. The number of carbonyl (C=O) groups is 1. The topological polar surface area (TPSA) is 68.8 Å². The molecule has 0 heterocycles. The van der Waals surface area contributed by atoms with Gasteiger partial charge >= 0.3 is 6.09 Å². The van der Waals surface area contributed by atoms with Crippen molar-refractivity contribution in [3.8, 4) is 5.75 Å². The van der Waals surface area contributed by atoms with Crippen molar-refractivity contribution in [2.75, 3.05) is 31.7 Å². The van der Waals surface area contributed by atoms with Gasteiger partial charge in [-0.25, -0.2) is 4.79 Å². The maximum atomic E-state index is 11.8. The van der Waals surface area contributed by atoms with Gasteiger partial charge < -0.3 is 24.8 Å². The standard InChI is InChI=1S/C25H36N2O4/c1-6-21-17-22(11-10-19(21)2)26-12-13-29-14-15-30-23-9-7-8-20(16-23)18-27-24(28)31-25(3,4)5/h7-11,16-17,26H,6,12-15,18H2,1-5H3,(H,27,28). The third-order valence-electron chi connectivity index (χ3n) is 4.54.